The van der Waals surface area contributed by atoms with Crippen molar-refractivity contribution < 1.29 is 4.74 Å². The molecule has 1 aliphatic heterocycles. The fourth-order valence-corrected chi connectivity index (χ4v) is 1.97. The minimum Gasteiger partial charge on any atom is -0.475 e. The second-order valence-electron chi connectivity index (χ2n) is 3.92. The van der Waals surface area contributed by atoms with Crippen LogP contribution >= 0.6 is 15.9 Å². The molecule has 0 saturated heterocycles. The van der Waals surface area contributed by atoms with Crippen molar-refractivity contribution in [3.63, 3.8) is 0 Å². The van der Waals surface area contributed by atoms with Crippen LogP contribution in [-0.4, -0.2) is 6.23 Å². The van der Waals surface area contributed by atoms with Gasteiger partial charge >= 0.3 is 0 Å². The maximum absolute atomic E-state index is 5.82. The molecule has 0 bridgehead atoms. The average Bonchev–Trinajstić information content (AvgIpc) is 2.16. The molecule has 14 heavy (non-hydrogen) atoms. The number of hydrogen-bond acceptors (Lipinski definition) is 2. The molecule has 1 aromatic rings. The Morgan fingerprint density at radius 2 is 2.29 bits per heavy atom. The van der Waals surface area contributed by atoms with Gasteiger partial charge in [0.1, 0.15) is 5.75 Å². The zero-order valence-electron chi connectivity index (χ0n) is 8.38. The van der Waals surface area contributed by atoms with Gasteiger partial charge in [-0.1, -0.05) is 29.8 Å². The zero-order valence-corrected chi connectivity index (χ0v) is 9.97. The molecule has 76 valence electrons. The van der Waals surface area contributed by atoms with Crippen LogP contribution in [0.15, 0.2) is 22.7 Å². The summed E-state index contributed by atoms with van der Waals surface area (Å²) in [6.07, 6.45) is 0.142. The average molecular weight is 256 g/mol. The molecule has 1 heterocycles. The molecule has 2 rings (SSSR count). The first-order valence-electron chi connectivity index (χ1n) is 4.85. The Kier molecular flexibility index (Phi) is 2.79. The monoisotopic (exact) mass is 255 g/mol. The molecular weight excluding hydrogens is 242 g/mol. The van der Waals surface area contributed by atoms with E-state index in [9.17, 15) is 0 Å². The van der Waals surface area contributed by atoms with Crippen LogP contribution in [0.3, 0.4) is 0 Å². The van der Waals surface area contributed by atoms with E-state index in [1.54, 1.807) is 0 Å². The SMILES string of the molecule is CC(C)C1NCc2cc(Br)ccc2O1. The largest absolute Gasteiger partial charge is 0.475 e. The summed E-state index contributed by atoms with van der Waals surface area (Å²) < 4.78 is 6.92. The summed E-state index contributed by atoms with van der Waals surface area (Å²) in [6, 6.07) is 6.13. The first-order valence-corrected chi connectivity index (χ1v) is 5.64. The van der Waals surface area contributed by atoms with Gasteiger partial charge < -0.3 is 4.74 Å². The molecule has 0 amide bonds. The normalized spacial score (nSPS) is 20.4. The van der Waals surface area contributed by atoms with E-state index in [4.69, 9.17) is 4.74 Å². The highest BCUT2D eigenvalue weighted by molar-refractivity contribution is 9.10. The molecule has 0 aromatic heterocycles. The van der Waals surface area contributed by atoms with Crippen LogP contribution in [0.1, 0.15) is 19.4 Å². The van der Waals surface area contributed by atoms with Crippen LogP contribution in [0.4, 0.5) is 0 Å². The first-order chi connectivity index (χ1) is 6.66. The standard InChI is InChI=1S/C11H14BrNO/c1-7(2)11-13-6-8-5-9(12)3-4-10(8)14-11/h3-5,7,11,13H,6H2,1-2H3. The third kappa shape index (κ3) is 1.93. The lowest BCUT2D eigenvalue weighted by atomic mass is 10.1. The number of ether oxygens (including phenoxy) is 1. The predicted molar refractivity (Wildman–Crippen MR) is 60.2 cm³/mol. The van der Waals surface area contributed by atoms with E-state index in [1.165, 1.54) is 5.56 Å². The van der Waals surface area contributed by atoms with E-state index in [0.29, 0.717) is 5.92 Å². The lowest BCUT2D eigenvalue weighted by Crippen LogP contribution is -2.41. The Morgan fingerprint density at radius 3 is 3.00 bits per heavy atom. The number of hydrogen-bond donors (Lipinski definition) is 1. The van der Waals surface area contributed by atoms with Gasteiger partial charge in [-0.05, 0) is 18.2 Å². The van der Waals surface area contributed by atoms with Gasteiger partial charge in [-0.2, -0.15) is 0 Å². The van der Waals surface area contributed by atoms with Crippen molar-refractivity contribution in [3.8, 4) is 5.75 Å². The van der Waals surface area contributed by atoms with Crippen molar-refractivity contribution in [2.24, 2.45) is 5.92 Å². The lowest BCUT2D eigenvalue weighted by Gasteiger charge is -2.29. The quantitative estimate of drug-likeness (QED) is 0.834. The number of halogens is 1. The van der Waals surface area contributed by atoms with Gasteiger partial charge in [0.05, 0.1) is 0 Å². The Labute approximate surface area is 92.8 Å². The summed E-state index contributed by atoms with van der Waals surface area (Å²) in [5, 5.41) is 3.36. The number of benzene rings is 1. The fraction of sp³-hybridized carbons (Fsp3) is 0.455. The summed E-state index contributed by atoms with van der Waals surface area (Å²) >= 11 is 3.45. The third-order valence-electron chi connectivity index (χ3n) is 2.38. The van der Waals surface area contributed by atoms with Crippen LogP contribution in [0.2, 0.25) is 0 Å². The van der Waals surface area contributed by atoms with Crippen molar-refractivity contribution in [1.29, 1.82) is 0 Å². The van der Waals surface area contributed by atoms with E-state index in [0.717, 1.165) is 16.8 Å². The molecule has 0 fully saturated rings. The van der Waals surface area contributed by atoms with Crippen LogP contribution < -0.4 is 10.1 Å². The lowest BCUT2D eigenvalue weighted by molar-refractivity contribution is 0.0975. The zero-order chi connectivity index (χ0) is 10.1. The van der Waals surface area contributed by atoms with Crippen LogP contribution in [-0.2, 0) is 6.54 Å². The van der Waals surface area contributed by atoms with Crippen molar-refractivity contribution >= 4 is 15.9 Å². The van der Waals surface area contributed by atoms with E-state index in [1.807, 2.05) is 12.1 Å². The smallest absolute Gasteiger partial charge is 0.152 e. The molecular formula is C11H14BrNO. The maximum Gasteiger partial charge on any atom is 0.152 e. The van der Waals surface area contributed by atoms with Crippen molar-refractivity contribution in [3.05, 3.63) is 28.2 Å². The molecule has 1 unspecified atom stereocenters. The third-order valence-corrected chi connectivity index (χ3v) is 2.87. The van der Waals surface area contributed by atoms with Gasteiger partial charge in [-0.15, -0.1) is 0 Å². The predicted octanol–water partition coefficient (Wildman–Crippen LogP) is 2.91. The molecule has 0 aliphatic carbocycles. The molecule has 3 heteroatoms. The van der Waals surface area contributed by atoms with Gasteiger partial charge in [0.15, 0.2) is 6.23 Å². The Hall–Kier alpha value is -0.540. The molecule has 1 N–H and O–H groups in total. The van der Waals surface area contributed by atoms with Crippen LogP contribution in [0, 0.1) is 5.92 Å². The molecule has 0 saturated carbocycles. The van der Waals surface area contributed by atoms with E-state index < -0.39 is 0 Å². The van der Waals surface area contributed by atoms with Gasteiger partial charge in [0, 0.05) is 22.5 Å². The molecule has 2 nitrogen and oxygen atoms in total. The molecule has 1 aromatic carbocycles. The number of fused-ring (bicyclic) bond motifs is 1. The molecule has 1 atom stereocenters. The van der Waals surface area contributed by atoms with E-state index in [-0.39, 0.29) is 6.23 Å². The Balaban J connectivity index is 2.23. The number of nitrogens with one attached hydrogen (secondary N) is 1. The summed E-state index contributed by atoms with van der Waals surface area (Å²) in [4.78, 5) is 0. The van der Waals surface area contributed by atoms with Crippen LogP contribution in [0.25, 0.3) is 0 Å². The second kappa shape index (κ2) is 3.91. The van der Waals surface area contributed by atoms with Gasteiger partial charge in [0.25, 0.3) is 0 Å². The Morgan fingerprint density at radius 1 is 1.50 bits per heavy atom. The van der Waals surface area contributed by atoms with Gasteiger partial charge in [-0.25, -0.2) is 0 Å². The fourth-order valence-electron chi connectivity index (χ4n) is 1.56. The van der Waals surface area contributed by atoms with Gasteiger partial charge in [0.2, 0.25) is 0 Å². The summed E-state index contributed by atoms with van der Waals surface area (Å²) in [7, 11) is 0. The summed E-state index contributed by atoms with van der Waals surface area (Å²) in [5.41, 5.74) is 1.22. The van der Waals surface area contributed by atoms with E-state index in [2.05, 4.69) is 41.2 Å². The minimum absolute atomic E-state index is 0.142. The van der Waals surface area contributed by atoms with Crippen LogP contribution in [0.5, 0.6) is 5.75 Å². The molecule has 0 spiro atoms. The molecule has 0 radical (unpaired) electrons. The number of rotatable bonds is 1. The minimum atomic E-state index is 0.142. The van der Waals surface area contributed by atoms with E-state index >= 15 is 0 Å². The summed E-state index contributed by atoms with van der Waals surface area (Å²) in [5.74, 6) is 1.50. The van der Waals surface area contributed by atoms with Crippen molar-refractivity contribution in [2.75, 3.05) is 0 Å². The van der Waals surface area contributed by atoms with Crippen molar-refractivity contribution in [1.82, 2.24) is 5.32 Å². The second-order valence-corrected chi connectivity index (χ2v) is 4.83. The highest BCUT2D eigenvalue weighted by atomic mass is 79.9. The maximum atomic E-state index is 5.82. The van der Waals surface area contributed by atoms with Gasteiger partial charge in [-0.3, -0.25) is 5.32 Å². The summed E-state index contributed by atoms with van der Waals surface area (Å²) in [6.45, 7) is 5.20. The van der Waals surface area contributed by atoms with Crippen molar-refractivity contribution in [2.45, 2.75) is 26.6 Å². The highest BCUT2D eigenvalue weighted by Gasteiger charge is 2.21. The highest BCUT2D eigenvalue weighted by Crippen LogP contribution is 2.27. The Bertz CT molecular complexity index is 338. The molecule has 1 aliphatic rings. The topological polar surface area (TPSA) is 21.3 Å². The first kappa shape index (κ1) is 9.99.